The second kappa shape index (κ2) is 10.8. The first-order chi connectivity index (χ1) is 20.0. The Morgan fingerprint density at radius 3 is 2.69 bits per heavy atom. The van der Waals surface area contributed by atoms with Crippen molar-refractivity contribution in [3.8, 4) is 11.5 Å². The van der Waals surface area contributed by atoms with Crippen LogP contribution in [-0.2, 0) is 31.0 Å². The molecule has 1 aromatic heterocycles. The fourth-order valence-electron chi connectivity index (χ4n) is 8.15. The molecule has 5 atom stereocenters. The average molecular weight is 658 g/mol. The predicted octanol–water partition coefficient (Wildman–Crippen LogP) is 5.36. The summed E-state index contributed by atoms with van der Waals surface area (Å²) in [6, 6.07) is 5.52. The van der Waals surface area contributed by atoms with Gasteiger partial charge in [0.15, 0.2) is 11.5 Å². The second-order valence-corrected chi connectivity index (χ2v) is 14.3. The smallest absolute Gasteiger partial charge is 0.308 e. The Morgan fingerprint density at radius 2 is 2.02 bits per heavy atom. The lowest BCUT2D eigenvalue weighted by Gasteiger charge is -2.65. The molecular formula is C32H37BrN2O6S. The molecule has 3 heterocycles. The lowest BCUT2D eigenvalue weighted by atomic mass is 9.48. The highest BCUT2D eigenvalue weighted by Crippen LogP contribution is 2.67. The van der Waals surface area contributed by atoms with Gasteiger partial charge in [0.05, 0.1) is 17.5 Å². The van der Waals surface area contributed by atoms with Crippen LogP contribution in [0.1, 0.15) is 63.0 Å². The Balaban J connectivity index is 1.49. The van der Waals surface area contributed by atoms with Crippen LogP contribution < -0.4 is 9.47 Å². The van der Waals surface area contributed by atoms with Crippen molar-refractivity contribution >= 4 is 51.2 Å². The minimum atomic E-state index is -0.828. The molecule has 2 bridgehead atoms. The number of amides is 1. The summed E-state index contributed by atoms with van der Waals surface area (Å²) in [5.41, 5.74) is 0.590. The molecule has 2 fully saturated rings. The first-order valence-electron chi connectivity index (χ1n) is 14.6. The number of thiophene rings is 1. The van der Waals surface area contributed by atoms with Crippen LogP contribution >= 0.6 is 27.3 Å². The van der Waals surface area contributed by atoms with Crippen molar-refractivity contribution in [1.29, 1.82) is 0 Å². The molecule has 2 aromatic rings. The monoisotopic (exact) mass is 656 g/mol. The largest absolute Gasteiger partial charge is 0.483 e. The molecule has 0 N–H and O–H groups in total. The normalized spacial score (nSPS) is 29.3. The summed E-state index contributed by atoms with van der Waals surface area (Å²) >= 11 is 5.06. The van der Waals surface area contributed by atoms with E-state index in [1.54, 1.807) is 17.4 Å². The van der Waals surface area contributed by atoms with Crippen molar-refractivity contribution in [1.82, 2.24) is 9.80 Å². The third kappa shape index (κ3) is 4.52. The predicted molar refractivity (Wildman–Crippen MR) is 164 cm³/mol. The molecule has 2 aliphatic heterocycles. The minimum Gasteiger partial charge on any atom is -0.483 e. The Labute approximate surface area is 259 Å². The van der Waals surface area contributed by atoms with Gasteiger partial charge in [-0.05, 0) is 84.9 Å². The first kappa shape index (κ1) is 29.4. The fraction of sp³-hybridized carbons (Fsp3) is 0.531. The molecule has 2 aliphatic carbocycles. The molecule has 1 amide bonds. The molecule has 224 valence electrons. The van der Waals surface area contributed by atoms with Gasteiger partial charge in [-0.15, -0.1) is 11.3 Å². The Hall–Kier alpha value is -2.69. The molecule has 8 nitrogen and oxygen atoms in total. The number of hydrogen-bond acceptors (Lipinski definition) is 8. The number of carbonyl (C=O) groups is 3. The van der Waals surface area contributed by atoms with Gasteiger partial charge in [-0.1, -0.05) is 19.9 Å². The van der Waals surface area contributed by atoms with Gasteiger partial charge in [-0.3, -0.25) is 19.3 Å². The summed E-state index contributed by atoms with van der Waals surface area (Å²) in [5.74, 6) is 0.334. The van der Waals surface area contributed by atoms with E-state index in [0.717, 1.165) is 27.0 Å². The highest BCUT2D eigenvalue weighted by molar-refractivity contribution is 9.10. The van der Waals surface area contributed by atoms with Crippen LogP contribution in [0.4, 0.5) is 0 Å². The van der Waals surface area contributed by atoms with Crippen molar-refractivity contribution in [2.24, 2.45) is 5.92 Å². The molecule has 1 saturated heterocycles. The van der Waals surface area contributed by atoms with E-state index < -0.39 is 23.1 Å². The maximum absolute atomic E-state index is 14.0. The van der Waals surface area contributed by atoms with E-state index in [9.17, 15) is 14.4 Å². The molecule has 42 heavy (non-hydrogen) atoms. The minimum absolute atomic E-state index is 0.0355. The number of likely N-dealkylation sites (N-methyl/N-ethyl adjacent to an activating group) is 1. The number of nitrogens with zero attached hydrogens (tertiary/aromatic N) is 2. The van der Waals surface area contributed by atoms with E-state index in [4.69, 9.17) is 14.2 Å². The third-order valence-electron chi connectivity index (χ3n) is 9.45. The van der Waals surface area contributed by atoms with Crippen LogP contribution in [0, 0.1) is 5.92 Å². The summed E-state index contributed by atoms with van der Waals surface area (Å²) in [6.07, 6.45) is 5.66. The van der Waals surface area contributed by atoms with Gasteiger partial charge in [0, 0.05) is 46.8 Å². The number of halogens is 1. The van der Waals surface area contributed by atoms with E-state index in [0.29, 0.717) is 43.7 Å². The SMILES string of the molecule is CC(=O)Oc1ccc2c3c1O[C@H]1[C@@H](N(CC(C)C)C(=O)/C=C/c4cc(Br)cs4)CC[C@@]4(OC(C)=O)[C@@H](C2)N(C)CC[C@]314. The second-order valence-electron chi connectivity index (χ2n) is 12.5. The number of likely N-dealkylation sites (tertiary alicyclic amines) is 1. The van der Waals surface area contributed by atoms with Crippen LogP contribution in [0.3, 0.4) is 0 Å². The number of carbonyl (C=O) groups excluding carboxylic acids is 3. The van der Waals surface area contributed by atoms with Gasteiger partial charge >= 0.3 is 11.9 Å². The molecule has 1 saturated carbocycles. The van der Waals surface area contributed by atoms with Crippen LogP contribution in [0.25, 0.3) is 6.08 Å². The summed E-state index contributed by atoms with van der Waals surface area (Å²) in [6.45, 7) is 8.43. The molecular weight excluding hydrogens is 620 g/mol. The van der Waals surface area contributed by atoms with E-state index in [2.05, 4.69) is 41.7 Å². The lowest BCUT2D eigenvalue weighted by molar-refractivity contribution is -0.221. The van der Waals surface area contributed by atoms with Gasteiger partial charge in [-0.2, -0.15) is 0 Å². The zero-order chi connectivity index (χ0) is 30.0. The van der Waals surface area contributed by atoms with Gasteiger partial charge in [0.25, 0.3) is 0 Å². The summed E-state index contributed by atoms with van der Waals surface area (Å²) in [5, 5.41) is 1.99. The number of ether oxygens (including phenoxy) is 3. The van der Waals surface area contributed by atoms with Crippen LogP contribution in [0.15, 0.2) is 34.1 Å². The zero-order valence-electron chi connectivity index (χ0n) is 24.6. The number of benzene rings is 1. The van der Waals surface area contributed by atoms with E-state index >= 15 is 0 Å². The van der Waals surface area contributed by atoms with Gasteiger partial charge in [0.2, 0.25) is 5.91 Å². The number of hydrogen-bond donors (Lipinski definition) is 0. The van der Waals surface area contributed by atoms with Crippen molar-refractivity contribution in [2.75, 3.05) is 20.1 Å². The van der Waals surface area contributed by atoms with Gasteiger partial charge < -0.3 is 19.1 Å². The summed E-state index contributed by atoms with van der Waals surface area (Å²) in [7, 11) is 2.10. The fourth-order valence-corrected chi connectivity index (χ4v) is 9.49. The van der Waals surface area contributed by atoms with Crippen molar-refractivity contribution in [3.05, 3.63) is 50.1 Å². The Bertz CT molecular complexity index is 1470. The maximum Gasteiger partial charge on any atom is 0.308 e. The van der Waals surface area contributed by atoms with Crippen LogP contribution in [-0.4, -0.2) is 71.6 Å². The van der Waals surface area contributed by atoms with Crippen LogP contribution in [0.5, 0.6) is 11.5 Å². The summed E-state index contributed by atoms with van der Waals surface area (Å²) in [4.78, 5) is 44.2. The number of esters is 2. The molecule has 1 spiro atoms. The van der Waals surface area contributed by atoms with E-state index in [1.807, 2.05) is 34.6 Å². The summed E-state index contributed by atoms with van der Waals surface area (Å²) < 4.78 is 20.1. The molecule has 10 heteroatoms. The van der Waals surface area contributed by atoms with E-state index in [1.165, 1.54) is 13.8 Å². The molecule has 4 aliphatic rings. The number of rotatable bonds is 7. The molecule has 0 radical (unpaired) electrons. The van der Waals surface area contributed by atoms with Crippen LogP contribution in [0.2, 0.25) is 0 Å². The quantitative estimate of drug-likeness (QED) is 0.225. The Morgan fingerprint density at radius 1 is 1.24 bits per heavy atom. The Kier molecular flexibility index (Phi) is 7.55. The highest BCUT2D eigenvalue weighted by Gasteiger charge is 2.75. The van der Waals surface area contributed by atoms with Crippen molar-refractivity contribution < 1.29 is 28.6 Å². The molecule has 1 aromatic carbocycles. The van der Waals surface area contributed by atoms with Gasteiger partial charge in [0.1, 0.15) is 11.7 Å². The maximum atomic E-state index is 14.0. The lowest BCUT2D eigenvalue weighted by Crippen LogP contribution is -2.79. The van der Waals surface area contributed by atoms with Gasteiger partial charge in [-0.25, -0.2) is 0 Å². The third-order valence-corrected chi connectivity index (χ3v) is 11.1. The van der Waals surface area contributed by atoms with E-state index in [-0.39, 0.29) is 29.9 Å². The standard InChI is InChI=1S/C32H37BrN2O6S/c1-18(2)16-35(27(38)9-7-23-15-22(33)17-42-23)24-10-11-32(41-20(4)37)26-14-21-6-8-25(39-19(3)36)29-28(21)31(32,30(24)40-29)12-13-34(26)5/h6-9,15,17-18,24,26,30H,10-14,16H2,1-5H3/b9-7+/t24-,26+,30-,31-,32+/m0/s1. The number of piperidine rings is 1. The van der Waals surface area contributed by atoms with Crippen molar-refractivity contribution in [2.45, 2.75) is 82.6 Å². The zero-order valence-corrected chi connectivity index (χ0v) is 27.0. The topological polar surface area (TPSA) is 85.4 Å². The molecule has 0 unspecified atom stereocenters. The van der Waals surface area contributed by atoms with Crippen molar-refractivity contribution in [3.63, 3.8) is 0 Å². The highest BCUT2D eigenvalue weighted by atomic mass is 79.9. The average Bonchev–Trinajstić information content (AvgIpc) is 3.49. The first-order valence-corrected chi connectivity index (χ1v) is 16.3. The molecule has 6 rings (SSSR count).